The molecule has 1 aliphatic rings. The Hall–Kier alpha value is -4.20. The van der Waals surface area contributed by atoms with E-state index >= 15 is 0 Å². The van der Waals surface area contributed by atoms with E-state index < -0.39 is 0 Å². The number of nitrogens with zero attached hydrogens (tertiary/aromatic N) is 4. The van der Waals surface area contributed by atoms with Gasteiger partial charge in [-0.1, -0.05) is 61.4 Å². The minimum Gasteiger partial charge on any atom is -0.381 e. The standard InChI is InChI=1S/C36H40ClN5O2.C2H6/c1-25(24-41-18-14-29(15-19-41)28-7-9-30(10-8-28)36(44)40(3)4)21-33-26(2)38-17-13-34(33)42-20-16-32(22-35(42)43)39-23-27-5-11-31(37)12-6-27;1-2/h5-13,16-17,20-22,29,39H,14-15,18-19,23-24H2,1-4H3;1-2H3/b25-21+;. The van der Waals surface area contributed by atoms with Crippen molar-refractivity contribution < 1.29 is 4.79 Å². The number of likely N-dealkylation sites (tertiary alicyclic amines) is 1. The minimum atomic E-state index is -0.106. The zero-order valence-electron chi connectivity index (χ0n) is 27.9. The maximum atomic E-state index is 13.2. The van der Waals surface area contributed by atoms with Gasteiger partial charge in [-0.25, -0.2) is 0 Å². The Labute approximate surface area is 278 Å². The number of amides is 1. The molecule has 0 saturated carbocycles. The van der Waals surface area contributed by atoms with Gasteiger partial charge in [0.05, 0.1) is 5.69 Å². The van der Waals surface area contributed by atoms with E-state index in [2.05, 4.69) is 40.3 Å². The van der Waals surface area contributed by atoms with Crippen molar-refractivity contribution in [1.82, 2.24) is 19.4 Å². The Balaban J connectivity index is 0.00000235. The van der Waals surface area contributed by atoms with Gasteiger partial charge in [0.1, 0.15) is 0 Å². The summed E-state index contributed by atoms with van der Waals surface area (Å²) >= 11 is 5.99. The molecule has 1 amide bonds. The van der Waals surface area contributed by atoms with Crippen molar-refractivity contribution in [2.75, 3.05) is 39.0 Å². The van der Waals surface area contributed by atoms with Crippen molar-refractivity contribution in [1.29, 1.82) is 0 Å². The normalized spacial score (nSPS) is 13.9. The van der Waals surface area contributed by atoms with Gasteiger partial charge in [-0.05, 0) is 93.2 Å². The summed E-state index contributed by atoms with van der Waals surface area (Å²) in [6.45, 7) is 11.6. The molecule has 2 aromatic carbocycles. The maximum absolute atomic E-state index is 13.2. The molecule has 2 aromatic heterocycles. The number of halogens is 1. The summed E-state index contributed by atoms with van der Waals surface area (Å²) in [5, 5.41) is 4.03. The van der Waals surface area contributed by atoms with Crippen molar-refractivity contribution in [3.63, 3.8) is 0 Å². The lowest BCUT2D eigenvalue weighted by atomic mass is 9.88. The topological polar surface area (TPSA) is 70.5 Å². The van der Waals surface area contributed by atoms with E-state index in [0.29, 0.717) is 17.5 Å². The summed E-state index contributed by atoms with van der Waals surface area (Å²) in [4.78, 5) is 34.1. The first-order valence-electron chi connectivity index (χ1n) is 16.1. The third-order valence-electron chi connectivity index (χ3n) is 8.24. The molecular formula is C38H46ClN5O2. The van der Waals surface area contributed by atoms with Gasteiger partial charge in [-0.15, -0.1) is 0 Å². The molecular weight excluding hydrogens is 594 g/mol. The largest absolute Gasteiger partial charge is 0.381 e. The van der Waals surface area contributed by atoms with Crippen LogP contribution in [0.15, 0.2) is 89.5 Å². The predicted octanol–water partition coefficient (Wildman–Crippen LogP) is 7.82. The molecule has 5 rings (SSSR count). The van der Waals surface area contributed by atoms with Gasteiger partial charge in [-0.2, -0.15) is 0 Å². The van der Waals surface area contributed by atoms with E-state index in [1.807, 2.05) is 75.5 Å². The molecule has 4 aromatic rings. The second-order valence-corrected chi connectivity index (χ2v) is 12.2. The number of aryl methyl sites for hydroxylation is 1. The number of anilines is 1. The molecule has 46 heavy (non-hydrogen) atoms. The van der Waals surface area contributed by atoms with Crippen LogP contribution in [0.2, 0.25) is 5.02 Å². The number of pyridine rings is 2. The molecule has 0 spiro atoms. The van der Waals surface area contributed by atoms with E-state index in [9.17, 15) is 9.59 Å². The van der Waals surface area contributed by atoms with Crippen molar-refractivity contribution in [2.24, 2.45) is 0 Å². The number of hydrogen-bond acceptors (Lipinski definition) is 5. The van der Waals surface area contributed by atoms with Gasteiger partial charge < -0.3 is 10.2 Å². The van der Waals surface area contributed by atoms with Crippen LogP contribution >= 0.6 is 11.6 Å². The molecule has 0 radical (unpaired) electrons. The third-order valence-corrected chi connectivity index (χ3v) is 8.49. The van der Waals surface area contributed by atoms with Crippen molar-refractivity contribution in [3.05, 3.63) is 128 Å². The second-order valence-electron chi connectivity index (χ2n) is 11.8. The Morgan fingerprint density at radius 1 is 1.02 bits per heavy atom. The highest BCUT2D eigenvalue weighted by Crippen LogP contribution is 2.29. The molecule has 1 N–H and O–H groups in total. The van der Waals surface area contributed by atoms with Crippen LogP contribution in [0.4, 0.5) is 5.69 Å². The number of hydrogen-bond donors (Lipinski definition) is 1. The number of carbonyl (C=O) groups excluding carboxylic acids is 1. The van der Waals surface area contributed by atoms with Crippen molar-refractivity contribution in [2.45, 2.75) is 53.0 Å². The van der Waals surface area contributed by atoms with Gasteiger partial charge in [0, 0.05) is 73.2 Å². The van der Waals surface area contributed by atoms with Crippen LogP contribution in [0.5, 0.6) is 0 Å². The summed E-state index contributed by atoms with van der Waals surface area (Å²) in [5.41, 5.74) is 7.66. The van der Waals surface area contributed by atoms with Gasteiger partial charge in [0.15, 0.2) is 0 Å². The average molecular weight is 640 g/mol. The summed E-state index contributed by atoms with van der Waals surface area (Å²) < 4.78 is 1.68. The number of benzene rings is 2. The van der Waals surface area contributed by atoms with Crippen LogP contribution in [0.1, 0.15) is 72.3 Å². The quantitative estimate of drug-likeness (QED) is 0.202. The first-order valence-corrected chi connectivity index (χ1v) is 16.4. The number of piperidine rings is 1. The van der Waals surface area contributed by atoms with Crippen LogP contribution < -0.4 is 10.9 Å². The molecule has 1 saturated heterocycles. The Bertz CT molecular complexity index is 1690. The summed E-state index contributed by atoms with van der Waals surface area (Å²) in [6.07, 6.45) is 7.91. The molecule has 3 heterocycles. The summed E-state index contributed by atoms with van der Waals surface area (Å²) in [6, 6.07) is 21.2. The fraction of sp³-hybridized carbons (Fsp3) is 0.342. The summed E-state index contributed by atoms with van der Waals surface area (Å²) in [5.74, 6) is 0.534. The molecule has 7 nitrogen and oxygen atoms in total. The smallest absolute Gasteiger partial charge is 0.257 e. The zero-order chi connectivity index (χ0) is 33.2. The van der Waals surface area contributed by atoms with Crippen LogP contribution in [0, 0.1) is 6.92 Å². The van der Waals surface area contributed by atoms with E-state index in [1.54, 1.807) is 35.8 Å². The highest BCUT2D eigenvalue weighted by Gasteiger charge is 2.21. The van der Waals surface area contributed by atoms with Crippen LogP contribution in [-0.2, 0) is 6.54 Å². The van der Waals surface area contributed by atoms with Gasteiger partial charge in [0.25, 0.3) is 11.5 Å². The molecule has 1 aliphatic heterocycles. The highest BCUT2D eigenvalue weighted by molar-refractivity contribution is 6.30. The molecule has 0 atom stereocenters. The second kappa shape index (κ2) is 16.4. The van der Waals surface area contributed by atoms with Gasteiger partial charge in [0.2, 0.25) is 0 Å². The lowest BCUT2D eigenvalue weighted by molar-refractivity contribution is 0.0827. The molecule has 0 unspecified atom stereocenters. The molecule has 0 bridgehead atoms. The molecule has 0 aliphatic carbocycles. The average Bonchev–Trinajstić information content (AvgIpc) is 3.06. The van der Waals surface area contributed by atoms with Crippen LogP contribution in [-0.4, -0.2) is 59.0 Å². The first kappa shape index (κ1) is 34.7. The van der Waals surface area contributed by atoms with E-state index in [1.165, 1.54) is 11.1 Å². The predicted molar refractivity (Wildman–Crippen MR) is 191 cm³/mol. The van der Waals surface area contributed by atoms with Crippen LogP contribution in [0.25, 0.3) is 11.8 Å². The number of aromatic nitrogens is 2. The fourth-order valence-electron chi connectivity index (χ4n) is 5.77. The molecule has 8 heteroatoms. The summed E-state index contributed by atoms with van der Waals surface area (Å²) in [7, 11) is 3.55. The highest BCUT2D eigenvalue weighted by atomic mass is 35.5. The lowest BCUT2D eigenvalue weighted by Gasteiger charge is -2.32. The van der Waals surface area contributed by atoms with E-state index in [4.69, 9.17) is 11.6 Å². The van der Waals surface area contributed by atoms with Crippen molar-refractivity contribution in [3.8, 4) is 5.69 Å². The number of rotatable bonds is 9. The number of nitrogens with one attached hydrogen (secondary N) is 1. The Kier molecular flexibility index (Phi) is 12.4. The van der Waals surface area contributed by atoms with Crippen molar-refractivity contribution >= 4 is 29.3 Å². The zero-order valence-corrected chi connectivity index (χ0v) is 28.6. The Morgan fingerprint density at radius 2 is 1.70 bits per heavy atom. The Morgan fingerprint density at radius 3 is 2.33 bits per heavy atom. The van der Waals surface area contributed by atoms with Gasteiger partial charge >= 0.3 is 0 Å². The fourth-order valence-corrected chi connectivity index (χ4v) is 5.90. The molecule has 1 fully saturated rings. The number of carbonyl (C=O) groups is 1. The maximum Gasteiger partial charge on any atom is 0.257 e. The first-order chi connectivity index (χ1) is 22.2. The van der Waals surface area contributed by atoms with Gasteiger partial charge in [-0.3, -0.25) is 24.0 Å². The molecule has 242 valence electrons. The van der Waals surface area contributed by atoms with E-state index in [-0.39, 0.29) is 11.5 Å². The minimum absolute atomic E-state index is 0.0322. The third kappa shape index (κ3) is 8.95. The van der Waals surface area contributed by atoms with E-state index in [0.717, 1.165) is 66.2 Å². The lowest BCUT2D eigenvalue weighted by Crippen LogP contribution is -2.34. The monoisotopic (exact) mass is 639 g/mol. The SMILES string of the molecule is C/C(=C\c1c(-n2ccc(NCc3ccc(Cl)cc3)cc2=O)ccnc1C)CN1CCC(c2ccc(C(=O)N(C)C)cc2)CC1.CC. The van der Waals surface area contributed by atoms with Crippen LogP contribution in [0.3, 0.4) is 0 Å².